The predicted octanol–water partition coefficient (Wildman–Crippen LogP) is 2.74. The van der Waals surface area contributed by atoms with E-state index in [1.807, 2.05) is 18.2 Å². The third-order valence-electron chi connectivity index (χ3n) is 5.18. The van der Waals surface area contributed by atoms with Crippen LogP contribution in [0.3, 0.4) is 0 Å². The molecular formula is C18H26N2O. The van der Waals surface area contributed by atoms with E-state index in [1.54, 1.807) is 0 Å². The van der Waals surface area contributed by atoms with Crippen LogP contribution in [0.2, 0.25) is 0 Å². The summed E-state index contributed by atoms with van der Waals surface area (Å²) in [6.07, 6.45) is 7.84. The molecule has 1 aromatic rings. The highest BCUT2D eigenvalue weighted by atomic mass is 16.2. The number of likely N-dealkylation sites (tertiary alicyclic amines) is 1. The summed E-state index contributed by atoms with van der Waals surface area (Å²) in [5.41, 5.74) is 7.45. The molecule has 0 aromatic heterocycles. The fourth-order valence-electron chi connectivity index (χ4n) is 4.03. The van der Waals surface area contributed by atoms with Crippen molar-refractivity contribution in [2.24, 2.45) is 11.7 Å². The molecule has 3 nitrogen and oxygen atoms in total. The number of nitrogens with two attached hydrogens (primary N) is 1. The van der Waals surface area contributed by atoms with Gasteiger partial charge in [0.1, 0.15) is 0 Å². The lowest BCUT2D eigenvalue weighted by Crippen LogP contribution is -2.52. The molecule has 1 amide bonds. The lowest BCUT2D eigenvalue weighted by atomic mass is 9.91. The summed E-state index contributed by atoms with van der Waals surface area (Å²) in [6, 6.07) is 10.4. The monoisotopic (exact) mass is 286 g/mol. The van der Waals surface area contributed by atoms with E-state index in [4.69, 9.17) is 5.73 Å². The number of fused-ring (bicyclic) bond motifs is 1. The molecule has 1 aliphatic carbocycles. The van der Waals surface area contributed by atoms with Crippen molar-refractivity contribution in [1.82, 2.24) is 4.90 Å². The Kier molecular flexibility index (Phi) is 4.59. The van der Waals surface area contributed by atoms with Crippen LogP contribution in [-0.4, -0.2) is 29.4 Å². The van der Waals surface area contributed by atoms with Gasteiger partial charge in [-0.1, -0.05) is 36.8 Å². The molecule has 1 saturated carbocycles. The lowest BCUT2D eigenvalue weighted by Gasteiger charge is -2.39. The maximum Gasteiger partial charge on any atom is 0.239 e. The largest absolute Gasteiger partial charge is 0.338 e. The van der Waals surface area contributed by atoms with E-state index in [0.717, 1.165) is 31.7 Å². The van der Waals surface area contributed by atoms with Crippen LogP contribution in [0.25, 0.3) is 0 Å². The molecule has 0 spiro atoms. The molecule has 2 N–H and O–H groups in total. The Morgan fingerprint density at radius 1 is 1.19 bits per heavy atom. The summed E-state index contributed by atoms with van der Waals surface area (Å²) in [5.74, 6) is 0.923. The quantitative estimate of drug-likeness (QED) is 0.925. The number of nitrogens with zero attached hydrogens (tertiary/aromatic N) is 1. The minimum absolute atomic E-state index is 0.183. The fourth-order valence-corrected chi connectivity index (χ4v) is 4.03. The Hall–Kier alpha value is -1.35. The summed E-state index contributed by atoms with van der Waals surface area (Å²) in [6.45, 7) is 0.916. The number of rotatable bonds is 4. The van der Waals surface area contributed by atoms with Crippen LogP contribution in [0.4, 0.5) is 0 Å². The second kappa shape index (κ2) is 6.61. The minimum atomic E-state index is -0.343. The minimum Gasteiger partial charge on any atom is -0.338 e. The van der Waals surface area contributed by atoms with Crippen LogP contribution in [0.1, 0.15) is 44.1 Å². The molecule has 2 unspecified atom stereocenters. The molecule has 114 valence electrons. The van der Waals surface area contributed by atoms with Gasteiger partial charge in [0.2, 0.25) is 5.91 Å². The van der Waals surface area contributed by atoms with Crippen molar-refractivity contribution in [2.75, 3.05) is 6.54 Å². The molecule has 21 heavy (non-hydrogen) atoms. The molecule has 1 aromatic carbocycles. The Bertz CT molecular complexity index is 473. The molecule has 0 bridgehead atoms. The number of piperidine rings is 1. The van der Waals surface area contributed by atoms with Gasteiger partial charge < -0.3 is 10.6 Å². The summed E-state index contributed by atoms with van der Waals surface area (Å²) >= 11 is 0. The first-order chi connectivity index (χ1) is 10.3. The van der Waals surface area contributed by atoms with Crippen LogP contribution in [-0.2, 0) is 11.2 Å². The molecule has 1 aliphatic heterocycles. The van der Waals surface area contributed by atoms with Gasteiger partial charge >= 0.3 is 0 Å². The Labute approximate surface area is 127 Å². The Morgan fingerprint density at radius 2 is 1.95 bits per heavy atom. The summed E-state index contributed by atoms with van der Waals surface area (Å²) < 4.78 is 0. The van der Waals surface area contributed by atoms with E-state index in [1.165, 1.54) is 31.2 Å². The number of aryl methyl sites for hydroxylation is 1. The zero-order chi connectivity index (χ0) is 14.7. The first-order valence-corrected chi connectivity index (χ1v) is 8.35. The fraction of sp³-hybridized carbons (Fsp3) is 0.611. The van der Waals surface area contributed by atoms with Crippen LogP contribution >= 0.6 is 0 Å². The van der Waals surface area contributed by atoms with Gasteiger partial charge in [-0.25, -0.2) is 0 Å². The van der Waals surface area contributed by atoms with Crippen LogP contribution in [0.5, 0.6) is 0 Å². The van der Waals surface area contributed by atoms with E-state index in [9.17, 15) is 4.79 Å². The van der Waals surface area contributed by atoms with Crippen LogP contribution < -0.4 is 5.73 Å². The van der Waals surface area contributed by atoms with Crippen LogP contribution in [0.15, 0.2) is 30.3 Å². The molecule has 0 radical (unpaired) electrons. The van der Waals surface area contributed by atoms with Gasteiger partial charge in [0.05, 0.1) is 6.04 Å². The SMILES string of the molecule is N[C@@H](CCc1ccccc1)C(=O)N1CCCC2CCCC21. The summed E-state index contributed by atoms with van der Waals surface area (Å²) in [7, 11) is 0. The third kappa shape index (κ3) is 3.29. The topological polar surface area (TPSA) is 46.3 Å². The molecule has 3 atom stereocenters. The van der Waals surface area contributed by atoms with Gasteiger partial charge in [0.25, 0.3) is 0 Å². The highest BCUT2D eigenvalue weighted by Crippen LogP contribution is 2.37. The van der Waals surface area contributed by atoms with Crippen molar-refractivity contribution in [2.45, 2.75) is 57.0 Å². The average molecular weight is 286 g/mol. The molecule has 2 fully saturated rings. The molecule has 1 heterocycles. The first-order valence-electron chi connectivity index (χ1n) is 8.35. The van der Waals surface area contributed by atoms with E-state index in [0.29, 0.717) is 6.04 Å². The molecule has 1 saturated heterocycles. The van der Waals surface area contributed by atoms with Crippen molar-refractivity contribution in [3.63, 3.8) is 0 Å². The van der Waals surface area contributed by atoms with E-state index in [2.05, 4.69) is 17.0 Å². The Balaban J connectivity index is 1.56. The highest BCUT2D eigenvalue weighted by molar-refractivity contribution is 5.82. The van der Waals surface area contributed by atoms with Crippen molar-refractivity contribution in [3.05, 3.63) is 35.9 Å². The maximum absolute atomic E-state index is 12.7. The number of carbonyl (C=O) groups excluding carboxylic acids is 1. The molecule has 3 rings (SSSR count). The molecule has 2 aliphatic rings. The van der Waals surface area contributed by atoms with Gasteiger partial charge in [-0.05, 0) is 50.0 Å². The second-order valence-corrected chi connectivity index (χ2v) is 6.56. The maximum atomic E-state index is 12.7. The van der Waals surface area contributed by atoms with Crippen LogP contribution in [0, 0.1) is 5.92 Å². The predicted molar refractivity (Wildman–Crippen MR) is 84.8 cm³/mol. The number of hydrogen-bond acceptors (Lipinski definition) is 2. The van der Waals surface area contributed by atoms with Crippen molar-refractivity contribution in [1.29, 1.82) is 0 Å². The van der Waals surface area contributed by atoms with Gasteiger partial charge in [-0.15, -0.1) is 0 Å². The number of amides is 1. The van der Waals surface area contributed by atoms with Crippen molar-refractivity contribution < 1.29 is 4.79 Å². The van der Waals surface area contributed by atoms with Crippen molar-refractivity contribution >= 4 is 5.91 Å². The van der Waals surface area contributed by atoms with Crippen molar-refractivity contribution in [3.8, 4) is 0 Å². The van der Waals surface area contributed by atoms with Gasteiger partial charge in [0, 0.05) is 12.6 Å². The summed E-state index contributed by atoms with van der Waals surface area (Å²) in [5, 5.41) is 0. The summed E-state index contributed by atoms with van der Waals surface area (Å²) in [4.78, 5) is 14.8. The van der Waals surface area contributed by atoms with E-state index >= 15 is 0 Å². The first kappa shape index (κ1) is 14.6. The highest BCUT2D eigenvalue weighted by Gasteiger charge is 2.38. The Morgan fingerprint density at radius 3 is 2.76 bits per heavy atom. The molecular weight excluding hydrogens is 260 g/mol. The second-order valence-electron chi connectivity index (χ2n) is 6.56. The average Bonchev–Trinajstić information content (AvgIpc) is 3.01. The normalized spacial score (nSPS) is 26.4. The smallest absolute Gasteiger partial charge is 0.239 e. The number of carbonyl (C=O) groups is 1. The van der Waals surface area contributed by atoms with Gasteiger partial charge in [-0.3, -0.25) is 4.79 Å². The third-order valence-corrected chi connectivity index (χ3v) is 5.18. The van der Waals surface area contributed by atoms with Gasteiger partial charge in [0.15, 0.2) is 0 Å². The lowest BCUT2D eigenvalue weighted by molar-refractivity contribution is -0.137. The standard InChI is InChI=1S/C18H26N2O/c19-16(12-11-14-6-2-1-3-7-14)18(21)20-13-5-9-15-8-4-10-17(15)20/h1-3,6-7,15-17H,4-5,8-13,19H2/t15?,16-,17?/m0/s1. The van der Waals surface area contributed by atoms with Gasteiger partial charge in [-0.2, -0.15) is 0 Å². The van der Waals surface area contributed by atoms with E-state index in [-0.39, 0.29) is 11.9 Å². The number of benzene rings is 1. The zero-order valence-electron chi connectivity index (χ0n) is 12.7. The van der Waals surface area contributed by atoms with E-state index < -0.39 is 0 Å². The molecule has 3 heteroatoms. The number of hydrogen-bond donors (Lipinski definition) is 1. The zero-order valence-corrected chi connectivity index (χ0v) is 12.7.